The molecular formula is C31H33N5O4. The summed E-state index contributed by atoms with van der Waals surface area (Å²) in [6.45, 7) is 4.68. The smallest absolute Gasteiger partial charge is 0.321 e. The molecule has 40 heavy (non-hydrogen) atoms. The molecule has 6 rings (SSSR count). The molecule has 0 saturated heterocycles. The Morgan fingerprint density at radius 1 is 0.950 bits per heavy atom. The molecule has 4 aromatic rings. The van der Waals surface area contributed by atoms with E-state index in [2.05, 4.69) is 22.5 Å². The van der Waals surface area contributed by atoms with Crippen LogP contribution in [0.5, 0.6) is 5.75 Å². The Hall–Kier alpha value is -4.79. The van der Waals surface area contributed by atoms with Gasteiger partial charge in [-0.25, -0.2) is 4.79 Å². The summed E-state index contributed by atoms with van der Waals surface area (Å²) >= 11 is 0. The lowest BCUT2D eigenvalue weighted by atomic mass is 9.92. The number of aromatic hydroxyl groups is 1. The summed E-state index contributed by atoms with van der Waals surface area (Å²) in [7, 11) is 3.42. The van der Waals surface area contributed by atoms with Crippen LogP contribution in [-0.4, -0.2) is 52.5 Å². The third kappa shape index (κ3) is 5.36. The number of aromatic amines is 1. The number of carbonyl (C=O) groups is 2. The number of H-pyrrole nitrogens is 1. The molecular weight excluding hydrogens is 506 g/mol. The van der Waals surface area contributed by atoms with Crippen molar-refractivity contribution in [3.63, 3.8) is 0 Å². The van der Waals surface area contributed by atoms with Crippen LogP contribution in [0.4, 0.5) is 16.2 Å². The first-order valence-electron chi connectivity index (χ1n) is 13.2. The number of anilines is 2. The predicted octanol–water partition coefficient (Wildman–Crippen LogP) is 4.93. The number of amides is 3. The molecule has 4 N–H and O–H groups in total. The lowest BCUT2D eigenvalue weighted by molar-refractivity contribution is -0.131. The van der Waals surface area contributed by atoms with Crippen LogP contribution in [0.15, 0.2) is 71.7 Å². The molecule has 4 bridgehead atoms. The van der Waals surface area contributed by atoms with E-state index in [1.54, 1.807) is 43.4 Å². The number of rotatable bonds is 2. The molecule has 2 aliphatic rings. The van der Waals surface area contributed by atoms with Gasteiger partial charge in [-0.1, -0.05) is 31.2 Å². The van der Waals surface area contributed by atoms with Crippen molar-refractivity contribution in [1.82, 2.24) is 14.8 Å². The predicted molar refractivity (Wildman–Crippen MR) is 157 cm³/mol. The molecule has 3 aromatic carbocycles. The van der Waals surface area contributed by atoms with Gasteiger partial charge in [0.15, 0.2) is 0 Å². The van der Waals surface area contributed by atoms with Crippen molar-refractivity contribution in [2.24, 2.45) is 0 Å². The van der Waals surface area contributed by atoms with Gasteiger partial charge in [-0.15, -0.1) is 0 Å². The summed E-state index contributed by atoms with van der Waals surface area (Å²) in [6.07, 6.45) is 1.61. The molecule has 206 valence electrons. The van der Waals surface area contributed by atoms with Crippen molar-refractivity contribution in [2.75, 3.05) is 31.3 Å². The Balaban J connectivity index is 1.59. The van der Waals surface area contributed by atoms with Crippen LogP contribution in [0.2, 0.25) is 0 Å². The standard InChI is InChI=1S/C31H33N5O4/c1-18-13-21-6-9-25(18)19(2)16-36(4)31(40)34-23-8-10-27(37)22(14-23)17-35(3)30(39)28(21)33-24-7-5-20-11-12-32-29(38)26(20)15-24/h5-15,19,28,33,37H,16-17H2,1-4H3,(H,32,38)(H,34,40)/t19-,28+/m0/s1. The number of phenols is 1. The van der Waals surface area contributed by atoms with Gasteiger partial charge in [-0.3, -0.25) is 9.59 Å². The van der Waals surface area contributed by atoms with Crippen molar-refractivity contribution in [3.8, 4) is 5.75 Å². The van der Waals surface area contributed by atoms with E-state index in [9.17, 15) is 19.5 Å². The number of aromatic nitrogens is 1. The number of pyridine rings is 1. The summed E-state index contributed by atoms with van der Waals surface area (Å²) in [4.78, 5) is 45.2. The number of fused-ring (bicyclic) bond motifs is 10. The van der Waals surface area contributed by atoms with Crippen LogP contribution < -0.4 is 16.2 Å². The van der Waals surface area contributed by atoms with Gasteiger partial charge in [0, 0.05) is 55.7 Å². The molecule has 3 heterocycles. The van der Waals surface area contributed by atoms with Crippen molar-refractivity contribution < 1.29 is 14.7 Å². The van der Waals surface area contributed by atoms with E-state index in [4.69, 9.17) is 0 Å². The number of nitrogens with one attached hydrogen (secondary N) is 3. The second-order valence-corrected chi connectivity index (χ2v) is 10.6. The van der Waals surface area contributed by atoms with Crippen molar-refractivity contribution in [3.05, 3.63) is 99.5 Å². The first-order chi connectivity index (χ1) is 19.1. The Morgan fingerprint density at radius 2 is 1.75 bits per heavy atom. The zero-order valence-electron chi connectivity index (χ0n) is 23.0. The van der Waals surface area contributed by atoms with Gasteiger partial charge in [0.2, 0.25) is 5.91 Å². The maximum atomic E-state index is 14.0. The zero-order valence-corrected chi connectivity index (χ0v) is 23.0. The fourth-order valence-corrected chi connectivity index (χ4v) is 5.31. The number of phenolic OH excluding ortho intramolecular Hbond substituents is 1. The van der Waals surface area contributed by atoms with E-state index < -0.39 is 6.04 Å². The Labute approximate surface area is 232 Å². The van der Waals surface area contributed by atoms with Crippen molar-refractivity contribution in [2.45, 2.75) is 32.4 Å². The number of hydrogen-bond acceptors (Lipinski definition) is 5. The number of likely N-dealkylation sites (N-methyl/N-ethyl adjacent to an activating group) is 2. The molecule has 0 radical (unpaired) electrons. The first kappa shape index (κ1) is 26.8. The number of carbonyl (C=O) groups excluding carboxylic acids is 2. The van der Waals surface area contributed by atoms with Crippen LogP contribution in [0.3, 0.4) is 0 Å². The minimum absolute atomic E-state index is 0.0270. The minimum atomic E-state index is -0.756. The fourth-order valence-electron chi connectivity index (χ4n) is 5.31. The number of aryl methyl sites for hydroxylation is 1. The fraction of sp³-hybridized carbons (Fsp3) is 0.258. The SMILES string of the molecule is Cc1cc2ccc1[C@@H](C)CN(C)C(=O)Nc1ccc(O)c(c1)CN(C)C(=O)[C@@H]2Nc1ccc2cc[nH]c(=O)c2c1. The second kappa shape index (κ2) is 10.8. The highest BCUT2D eigenvalue weighted by Gasteiger charge is 2.27. The second-order valence-electron chi connectivity index (χ2n) is 10.6. The van der Waals surface area contributed by atoms with Gasteiger partial charge in [-0.05, 0) is 71.3 Å². The van der Waals surface area contributed by atoms with Crippen LogP contribution in [0, 0.1) is 6.92 Å². The molecule has 3 amide bonds. The largest absolute Gasteiger partial charge is 0.508 e. The molecule has 9 heteroatoms. The van der Waals surface area contributed by atoms with Crippen LogP contribution in [-0.2, 0) is 11.3 Å². The highest BCUT2D eigenvalue weighted by atomic mass is 16.3. The maximum Gasteiger partial charge on any atom is 0.321 e. The molecule has 2 atom stereocenters. The zero-order chi connectivity index (χ0) is 28.6. The molecule has 1 aromatic heterocycles. The average Bonchev–Trinajstić information content (AvgIpc) is 2.92. The molecule has 0 fully saturated rings. The van der Waals surface area contributed by atoms with Gasteiger partial charge in [0.05, 0.1) is 0 Å². The monoisotopic (exact) mass is 539 g/mol. The topological polar surface area (TPSA) is 118 Å². The maximum absolute atomic E-state index is 14.0. The Morgan fingerprint density at radius 3 is 2.52 bits per heavy atom. The van der Waals surface area contributed by atoms with E-state index in [0.29, 0.717) is 28.9 Å². The number of benzene rings is 3. The van der Waals surface area contributed by atoms with E-state index in [-0.39, 0.29) is 35.7 Å². The third-order valence-corrected chi connectivity index (χ3v) is 7.50. The number of nitrogens with zero attached hydrogens (tertiary/aromatic N) is 2. The van der Waals surface area contributed by atoms with Crippen LogP contribution in [0.1, 0.15) is 41.1 Å². The van der Waals surface area contributed by atoms with Crippen LogP contribution in [0.25, 0.3) is 10.8 Å². The minimum Gasteiger partial charge on any atom is -0.508 e. The van der Waals surface area contributed by atoms with Crippen LogP contribution >= 0.6 is 0 Å². The number of urea groups is 1. The van der Waals surface area contributed by atoms with Gasteiger partial charge in [0.25, 0.3) is 5.56 Å². The third-order valence-electron chi connectivity index (χ3n) is 7.50. The van der Waals surface area contributed by atoms with E-state index in [0.717, 1.165) is 22.1 Å². The van der Waals surface area contributed by atoms with Gasteiger partial charge in [-0.2, -0.15) is 0 Å². The van der Waals surface area contributed by atoms with E-state index in [1.165, 1.54) is 11.0 Å². The lowest BCUT2D eigenvalue weighted by Gasteiger charge is -2.28. The molecule has 9 nitrogen and oxygen atoms in total. The molecule has 2 aliphatic heterocycles. The molecule has 0 aliphatic carbocycles. The first-order valence-corrected chi connectivity index (χ1v) is 13.2. The average molecular weight is 540 g/mol. The van der Waals surface area contributed by atoms with Crippen molar-refractivity contribution >= 4 is 34.1 Å². The normalized spacial score (nSPS) is 18.2. The Kier molecular flexibility index (Phi) is 7.21. The lowest BCUT2D eigenvalue weighted by Crippen LogP contribution is -2.36. The molecule has 0 unspecified atom stereocenters. The summed E-state index contributed by atoms with van der Waals surface area (Å²) < 4.78 is 0. The summed E-state index contributed by atoms with van der Waals surface area (Å²) in [5.41, 5.74) is 4.31. The Bertz CT molecular complexity index is 1660. The van der Waals surface area contributed by atoms with Gasteiger partial charge < -0.3 is 30.5 Å². The summed E-state index contributed by atoms with van der Waals surface area (Å²) in [5, 5.41) is 18.1. The highest BCUT2D eigenvalue weighted by Crippen LogP contribution is 2.30. The van der Waals surface area contributed by atoms with E-state index >= 15 is 0 Å². The van der Waals surface area contributed by atoms with Gasteiger partial charge >= 0.3 is 6.03 Å². The van der Waals surface area contributed by atoms with E-state index in [1.807, 2.05) is 43.3 Å². The summed E-state index contributed by atoms with van der Waals surface area (Å²) in [6, 6.07) is 17.0. The van der Waals surface area contributed by atoms with Gasteiger partial charge in [0.1, 0.15) is 11.8 Å². The molecule has 0 spiro atoms. The quantitative estimate of drug-likeness (QED) is 0.269. The molecule has 0 saturated carbocycles. The number of hydrogen-bond donors (Lipinski definition) is 4. The van der Waals surface area contributed by atoms with Crippen molar-refractivity contribution in [1.29, 1.82) is 0 Å². The summed E-state index contributed by atoms with van der Waals surface area (Å²) in [5.74, 6) is -0.146. The highest BCUT2D eigenvalue weighted by molar-refractivity contribution is 5.90.